The third-order valence-electron chi connectivity index (χ3n) is 4.39. The van der Waals surface area contributed by atoms with E-state index >= 15 is 0 Å². The Bertz CT molecular complexity index is 890. The van der Waals surface area contributed by atoms with Crippen LogP contribution in [0.2, 0.25) is 5.02 Å². The molecule has 0 bridgehead atoms. The zero-order chi connectivity index (χ0) is 19.4. The predicted molar refractivity (Wildman–Crippen MR) is 99.3 cm³/mol. The van der Waals surface area contributed by atoms with Gasteiger partial charge in [0.1, 0.15) is 11.4 Å². The highest BCUT2D eigenvalue weighted by Crippen LogP contribution is 2.23. The van der Waals surface area contributed by atoms with E-state index in [1.807, 2.05) is 0 Å². The fraction of sp³-hybridized carbons (Fsp3) is 0.471. The Morgan fingerprint density at radius 2 is 2.30 bits per heavy atom. The monoisotopic (exact) mass is 417 g/mol. The molecule has 0 spiro atoms. The van der Waals surface area contributed by atoms with Crippen molar-refractivity contribution in [1.82, 2.24) is 14.5 Å². The van der Waals surface area contributed by atoms with Crippen LogP contribution in [0.1, 0.15) is 13.3 Å². The van der Waals surface area contributed by atoms with Crippen LogP contribution in [0.5, 0.6) is 5.75 Å². The number of rotatable bonds is 7. The lowest BCUT2D eigenvalue weighted by molar-refractivity contribution is 0.0274. The first-order valence-electron chi connectivity index (χ1n) is 8.58. The molecule has 27 heavy (non-hydrogen) atoms. The van der Waals surface area contributed by atoms with Gasteiger partial charge in [0, 0.05) is 24.8 Å². The number of nitrogens with zero attached hydrogens (tertiary/aromatic N) is 2. The SMILES string of the molecule is CCS(=O)(=O)N[C@H]1COCC[C@@H]1COc1ccc(-n2cc(Cl)cn2)c(F)c1. The van der Waals surface area contributed by atoms with E-state index in [0.29, 0.717) is 30.4 Å². The predicted octanol–water partition coefficient (Wildman–Crippen LogP) is 2.39. The summed E-state index contributed by atoms with van der Waals surface area (Å²) in [4.78, 5) is 0. The van der Waals surface area contributed by atoms with E-state index in [4.69, 9.17) is 21.1 Å². The van der Waals surface area contributed by atoms with E-state index in [0.717, 1.165) is 0 Å². The fourth-order valence-corrected chi connectivity index (χ4v) is 3.85. The Hall–Kier alpha value is -1.68. The molecule has 1 aliphatic rings. The van der Waals surface area contributed by atoms with Crippen LogP contribution >= 0.6 is 11.6 Å². The topological polar surface area (TPSA) is 82.5 Å². The molecule has 7 nitrogen and oxygen atoms in total. The van der Waals surface area contributed by atoms with E-state index in [1.54, 1.807) is 19.1 Å². The van der Waals surface area contributed by atoms with Crippen LogP contribution < -0.4 is 9.46 Å². The second-order valence-corrected chi connectivity index (χ2v) is 8.76. The first kappa shape index (κ1) is 20.1. The minimum atomic E-state index is -3.34. The average molecular weight is 418 g/mol. The number of hydrogen-bond acceptors (Lipinski definition) is 5. The summed E-state index contributed by atoms with van der Waals surface area (Å²) in [6, 6.07) is 4.10. The third-order valence-corrected chi connectivity index (χ3v) is 6.01. The van der Waals surface area contributed by atoms with Gasteiger partial charge >= 0.3 is 0 Å². The molecule has 148 valence electrons. The second-order valence-electron chi connectivity index (χ2n) is 6.28. The highest BCUT2D eigenvalue weighted by atomic mass is 35.5. The zero-order valence-corrected chi connectivity index (χ0v) is 16.3. The van der Waals surface area contributed by atoms with Gasteiger partial charge in [-0.3, -0.25) is 0 Å². The van der Waals surface area contributed by atoms with Gasteiger partial charge < -0.3 is 9.47 Å². The highest BCUT2D eigenvalue weighted by molar-refractivity contribution is 7.89. The first-order chi connectivity index (χ1) is 12.9. The molecule has 1 saturated heterocycles. The molecule has 0 amide bonds. The van der Waals surface area contributed by atoms with Crippen molar-refractivity contribution in [2.75, 3.05) is 25.6 Å². The maximum atomic E-state index is 14.4. The molecule has 1 fully saturated rings. The molecule has 0 saturated carbocycles. The summed E-state index contributed by atoms with van der Waals surface area (Å²) < 4.78 is 53.1. The molecular formula is C17H21ClFN3O4S. The van der Waals surface area contributed by atoms with Crippen molar-refractivity contribution >= 4 is 21.6 Å². The van der Waals surface area contributed by atoms with Gasteiger partial charge in [-0.25, -0.2) is 22.2 Å². The van der Waals surface area contributed by atoms with Gasteiger partial charge in [0.15, 0.2) is 5.82 Å². The normalized spacial score (nSPS) is 20.6. The second kappa shape index (κ2) is 8.55. The Morgan fingerprint density at radius 3 is 2.96 bits per heavy atom. The molecule has 1 aliphatic heterocycles. The summed E-state index contributed by atoms with van der Waals surface area (Å²) in [6.45, 7) is 2.66. The minimum Gasteiger partial charge on any atom is -0.493 e. The number of hydrogen-bond donors (Lipinski definition) is 1. The Labute approximate surface area is 162 Å². The van der Waals surface area contributed by atoms with Crippen molar-refractivity contribution in [3.05, 3.63) is 41.4 Å². The van der Waals surface area contributed by atoms with Crippen LogP contribution in [0, 0.1) is 11.7 Å². The molecule has 10 heteroatoms. The van der Waals surface area contributed by atoms with Crippen LogP contribution in [0.15, 0.2) is 30.6 Å². The molecule has 1 N–H and O–H groups in total. The number of nitrogens with one attached hydrogen (secondary N) is 1. The summed E-state index contributed by atoms with van der Waals surface area (Å²) in [5, 5.41) is 4.38. The number of sulfonamides is 1. The molecule has 3 rings (SSSR count). The van der Waals surface area contributed by atoms with Crippen molar-refractivity contribution in [1.29, 1.82) is 0 Å². The lowest BCUT2D eigenvalue weighted by Crippen LogP contribution is -2.48. The van der Waals surface area contributed by atoms with Gasteiger partial charge in [-0.15, -0.1) is 0 Å². The van der Waals surface area contributed by atoms with E-state index in [2.05, 4.69) is 9.82 Å². The summed E-state index contributed by atoms with van der Waals surface area (Å²) >= 11 is 5.81. The highest BCUT2D eigenvalue weighted by Gasteiger charge is 2.29. The van der Waals surface area contributed by atoms with Crippen molar-refractivity contribution in [2.24, 2.45) is 5.92 Å². The molecule has 0 aliphatic carbocycles. The van der Waals surface area contributed by atoms with Crippen molar-refractivity contribution < 1.29 is 22.3 Å². The van der Waals surface area contributed by atoms with Crippen LogP contribution in [0.3, 0.4) is 0 Å². The largest absolute Gasteiger partial charge is 0.493 e. The van der Waals surface area contributed by atoms with Crippen molar-refractivity contribution in [3.8, 4) is 11.4 Å². The van der Waals surface area contributed by atoms with Gasteiger partial charge in [-0.1, -0.05) is 11.6 Å². The number of ether oxygens (including phenoxy) is 2. The van der Waals surface area contributed by atoms with Gasteiger partial charge in [-0.05, 0) is 25.5 Å². The average Bonchev–Trinajstić information content (AvgIpc) is 3.07. The molecule has 2 aromatic rings. The van der Waals surface area contributed by atoms with Gasteiger partial charge in [0.2, 0.25) is 10.0 Å². The summed E-state index contributed by atoms with van der Waals surface area (Å²) in [5.74, 6) is -0.199. The fourth-order valence-electron chi connectivity index (χ4n) is 2.83. The number of benzene rings is 1. The lowest BCUT2D eigenvalue weighted by Gasteiger charge is -2.31. The van der Waals surface area contributed by atoms with Crippen LogP contribution in [-0.2, 0) is 14.8 Å². The Kier molecular flexibility index (Phi) is 6.36. The number of aromatic nitrogens is 2. The maximum absolute atomic E-state index is 14.4. The summed E-state index contributed by atoms with van der Waals surface area (Å²) in [7, 11) is -3.34. The molecule has 1 aromatic carbocycles. The van der Waals surface area contributed by atoms with Gasteiger partial charge in [0.05, 0.1) is 36.2 Å². The summed E-state index contributed by atoms with van der Waals surface area (Å²) in [6.07, 6.45) is 3.59. The van der Waals surface area contributed by atoms with E-state index in [1.165, 1.54) is 23.1 Å². The molecule has 1 aromatic heterocycles. The summed E-state index contributed by atoms with van der Waals surface area (Å²) in [5.41, 5.74) is 0.258. The lowest BCUT2D eigenvalue weighted by atomic mass is 9.97. The zero-order valence-electron chi connectivity index (χ0n) is 14.8. The van der Waals surface area contributed by atoms with Crippen molar-refractivity contribution in [2.45, 2.75) is 19.4 Å². The molecular weight excluding hydrogens is 397 g/mol. The van der Waals surface area contributed by atoms with Crippen LogP contribution in [0.4, 0.5) is 4.39 Å². The Morgan fingerprint density at radius 1 is 1.48 bits per heavy atom. The molecule has 0 radical (unpaired) electrons. The van der Waals surface area contributed by atoms with E-state index in [9.17, 15) is 12.8 Å². The van der Waals surface area contributed by atoms with E-state index in [-0.39, 0.29) is 30.0 Å². The van der Waals surface area contributed by atoms with E-state index < -0.39 is 15.8 Å². The number of halogens is 2. The minimum absolute atomic E-state index is 0.00119. The van der Waals surface area contributed by atoms with Crippen molar-refractivity contribution in [3.63, 3.8) is 0 Å². The Balaban J connectivity index is 1.65. The quantitative estimate of drug-likeness (QED) is 0.748. The third kappa shape index (κ3) is 5.19. The van der Waals surface area contributed by atoms with Crippen LogP contribution in [0.25, 0.3) is 5.69 Å². The smallest absolute Gasteiger partial charge is 0.211 e. The van der Waals surface area contributed by atoms with Gasteiger partial charge in [-0.2, -0.15) is 5.10 Å². The molecule has 2 atom stereocenters. The molecule has 0 unspecified atom stereocenters. The van der Waals surface area contributed by atoms with Crippen LogP contribution in [-0.4, -0.2) is 49.8 Å². The van der Waals surface area contributed by atoms with Gasteiger partial charge in [0.25, 0.3) is 0 Å². The maximum Gasteiger partial charge on any atom is 0.211 e. The standard InChI is InChI=1S/C17H21ClFN3O4S/c1-2-27(23,24)21-16-11-25-6-5-12(16)10-26-14-3-4-17(15(19)7-14)22-9-13(18)8-20-22/h3-4,7-9,12,16,21H,2,5-6,10-11H2,1H3/t12-,16+/m1/s1. The molecule has 2 heterocycles. The first-order valence-corrected chi connectivity index (χ1v) is 10.6.